The monoisotopic (exact) mass is 282 g/mol. The van der Waals surface area contributed by atoms with Crippen LogP contribution in [0, 0.1) is 0 Å². The number of carbonyl (C=O) groups is 1. The van der Waals surface area contributed by atoms with E-state index in [1.54, 1.807) is 0 Å². The number of carbonyl (C=O) groups excluding carboxylic acids is 1. The molecular weight excluding hydrogens is 248 g/mol. The van der Waals surface area contributed by atoms with Crippen molar-refractivity contribution >= 4 is 6.03 Å². The van der Waals surface area contributed by atoms with Crippen molar-refractivity contribution in [2.24, 2.45) is 0 Å². The molecule has 0 aliphatic carbocycles. The Labute approximate surface area is 125 Å². The molecule has 3 heteroatoms. The number of likely N-dealkylation sites (tertiary alicyclic amines) is 1. The highest BCUT2D eigenvalue weighted by atomic mass is 16.2. The summed E-state index contributed by atoms with van der Waals surface area (Å²) >= 11 is 0. The highest BCUT2D eigenvalue weighted by Gasteiger charge is 2.16. The van der Waals surface area contributed by atoms with Gasteiger partial charge in [-0.05, 0) is 19.3 Å². The zero-order chi connectivity index (χ0) is 14.5. The molecule has 0 bridgehead atoms. The normalized spacial score (nSPS) is 14.8. The highest BCUT2D eigenvalue weighted by molar-refractivity contribution is 5.74. The van der Waals surface area contributed by atoms with Crippen molar-refractivity contribution in [3.8, 4) is 0 Å². The van der Waals surface area contributed by atoms with Gasteiger partial charge < -0.3 is 10.2 Å². The van der Waals surface area contributed by atoms with E-state index < -0.39 is 0 Å². The Morgan fingerprint density at radius 2 is 1.35 bits per heavy atom. The largest absolute Gasteiger partial charge is 0.338 e. The van der Waals surface area contributed by atoms with Crippen LogP contribution in [0.1, 0.15) is 84.0 Å². The van der Waals surface area contributed by atoms with Crippen molar-refractivity contribution in [3.05, 3.63) is 0 Å². The molecule has 1 aliphatic heterocycles. The Kier molecular flexibility index (Phi) is 10.4. The van der Waals surface area contributed by atoms with Crippen molar-refractivity contribution in [1.29, 1.82) is 0 Å². The van der Waals surface area contributed by atoms with Crippen LogP contribution in [-0.4, -0.2) is 30.6 Å². The fourth-order valence-corrected chi connectivity index (χ4v) is 2.84. The van der Waals surface area contributed by atoms with Crippen molar-refractivity contribution < 1.29 is 4.79 Å². The molecular formula is C17H34N2O. The number of unbranched alkanes of at least 4 members (excludes halogenated alkanes) is 9. The molecule has 0 unspecified atom stereocenters. The zero-order valence-electron chi connectivity index (χ0n) is 13.5. The molecule has 0 radical (unpaired) electrons. The average molecular weight is 282 g/mol. The van der Waals surface area contributed by atoms with Gasteiger partial charge in [0, 0.05) is 19.6 Å². The number of hydrogen-bond acceptors (Lipinski definition) is 1. The summed E-state index contributed by atoms with van der Waals surface area (Å²) < 4.78 is 0. The second-order valence-corrected chi connectivity index (χ2v) is 6.11. The van der Waals surface area contributed by atoms with E-state index in [9.17, 15) is 4.79 Å². The molecule has 1 fully saturated rings. The van der Waals surface area contributed by atoms with E-state index in [4.69, 9.17) is 0 Å². The first-order valence-corrected chi connectivity index (χ1v) is 8.87. The van der Waals surface area contributed by atoms with E-state index in [-0.39, 0.29) is 6.03 Å². The van der Waals surface area contributed by atoms with Gasteiger partial charge in [-0.25, -0.2) is 4.79 Å². The van der Waals surface area contributed by atoms with Crippen LogP contribution in [0.4, 0.5) is 4.79 Å². The fourth-order valence-electron chi connectivity index (χ4n) is 2.84. The first kappa shape index (κ1) is 17.3. The topological polar surface area (TPSA) is 32.3 Å². The van der Waals surface area contributed by atoms with Crippen LogP contribution < -0.4 is 5.32 Å². The number of nitrogens with zero attached hydrogens (tertiary/aromatic N) is 1. The highest BCUT2D eigenvalue weighted by Crippen LogP contribution is 2.10. The van der Waals surface area contributed by atoms with Crippen molar-refractivity contribution in [2.45, 2.75) is 84.0 Å². The number of amides is 2. The molecule has 1 saturated heterocycles. The summed E-state index contributed by atoms with van der Waals surface area (Å²) in [4.78, 5) is 13.7. The van der Waals surface area contributed by atoms with Crippen LogP contribution in [0.2, 0.25) is 0 Å². The predicted molar refractivity (Wildman–Crippen MR) is 86.0 cm³/mol. The summed E-state index contributed by atoms with van der Waals surface area (Å²) in [6, 6.07) is 0.151. The molecule has 0 aromatic carbocycles. The van der Waals surface area contributed by atoms with E-state index in [2.05, 4.69) is 12.2 Å². The van der Waals surface area contributed by atoms with Crippen LogP contribution >= 0.6 is 0 Å². The molecule has 0 spiro atoms. The molecule has 20 heavy (non-hydrogen) atoms. The molecule has 118 valence electrons. The van der Waals surface area contributed by atoms with Gasteiger partial charge in [0.15, 0.2) is 0 Å². The summed E-state index contributed by atoms with van der Waals surface area (Å²) in [7, 11) is 0. The van der Waals surface area contributed by atoms with Gasteiger partial charge in [0.1, 0.15) is 0 Å². The van der Waals surface area contributed by atoms with Gasteiger partial charge >= 0.3 is 6.03 Å². The molecule has 0 saturated carbocycles. The molecule has 1 heterocycles. The van der Waals surface area contributed by atoms with Crippen LogP contribution in [0.5, 0.6) is 0 Å². The Morgan fingerprint density at radius 3 is 1.90 bits per heavy atom. The Hall–Kier alpha value is -0.730. The van der Waals surface area contributed by atoms with Gasteiger partial charge in [0.25, 0.3) is 0 Å². The van der Waals surface area contributed by atoms with E-state index >= 15 is 0 Å². The molecule has 0 atom stereocenters. The lowest BCUT2D eigenvalue weighted by Gasteiger charge is -2.15. The van der Waals surface area contributed by atoms with E-state index in [0.29, 0.717) is 0 Å². The molecule has 1 rings (SSSR count). The van der Waals surface area contributed by atoms with E-state index in [0.717, 1.165) is 26.1 Å². The van der Waals surface area contributed by atoms with Gasteiger partial charge in [0.05, 0.1) is 0 Å². The second kappa shape index (κ2) is 12.0. The molecule has 1 aliphatic rings. The van der Waals surface area contributed by atoms with Gasteiger partial charge in [-0.3, -0.25) is 0 Å². The average Bonchev–Trinajstić information content (AvgIpc) is 2.99. The lowest BCUT2D eigenvalue weighted by Crippen LogP contribution is -2.38. The summed E-state index contributed by atoms with van der Waals surface area (Å²) in [5.41, 5.74) is 0. The third-order valence-electron chi connectivity index (χ3n) is 4.20. The third-order valence-corrected chi connectivity index (χ3v) is 4.20. The first-order valence-electron chi connectivity index (χ1n) is 8.87. The maximum atomic E-state index is 11.7. The van der Waals surface area contributed by atoms with Crippen LogP contribution in [0.15, 0.2) is 0 Å². The van der Waals surface area contributed by atoms with Gasteiger partial charge in [0.2, 0.25) is 0 Å². The lowest BCUT2D eigenvalue weighted by molar-refractivity contribution is 0.208. The second-order valence-electron chi connectivity index (χ2n) is 6.11. The number of rotatable bonds is 11. The predicted octanol–water partition coefficient (Wildman–Crippen LogP) is 4.71. The quantitative estimate of drug-likeness (QED) is 0.547. The van der Waals surface area contributed by atoms with Crippen LogP contribution in [0.3, 0.4) is 0 Å². The number of hydrogen-bond donors (Lipinski definition) is 1. The maximum absolute atomic E-state index is 11.7. The van der Waals surface area contributed by atoms with Gasteiger partial charge in [-0.2, -0.15) is 0 Å². The summed E-state index contributed by atoms with van der Waals surface area (Å²) in [6.45, 7) is 5.02. The Morgan fingerprint density at radius 1 is 0.850 bits per heavy atom. The number of nitrogens with one attached hydrogen (secondary N) is 1. The van der Waals surface area contributed by atoms with Crippen molar-refractivity contribution in [1.82, 2.24) is 10.2 Å². The molecule has 3 nitrogen and oxygen atoms in total. The molecule has 2 amide bonds. The molecule has 1 N–H and O–H groups in total. The van der Waals surface area contributed by atoms with E-state index in [1.165, 1.54) is 70.6 Å². The summed E-state index contributed by atoms with van der Waals surface area (Å²) in [5, 5.41) is 3.04. The minimum absolute atomic E-state index is 0.151. The zero-order valence-corrected chi connectivity index (χ0v) is 13.5. The lowest BCUT2D eigenvalue weighted by atomic mass is 10.1. The van der Waals surface area contributed by atoms with Gasteiger partial charge in [-0.15, -0.1) is 0 Å². The standard InChI is InChI=1S/C17H34N2O/c1-2-3-4-5-6-7-8-9-10-11-14-18-17(20)19-15-12-13-16-19/h2-16H2,1H3,(H,18,20). The van der Waals surface area contributed by atoms with E-state index in [1.807, 2.05) is 4.90 Å². The first-order chi connectivity index (χ1) is 9.84. The minimum Gasteiger partial charge on any atom is -0.338 e. The minimum atomic E-state index is 0.151. The van der Waals surface area contributed by atoms with Crippen LogP contribution in [-0.2, 0) is 0 Å². The molecule has 0 aromatic rings. The maximum Gasteiger partial charge on any atom is 0.317 e. The number of urea groups is 1. The van der Waals surface area contributed by atoms with Crippen molar-refractivity contribution in [2.75, 3.05) is 19.6 Å². The smallest absolute Gasteiger partial charge is 0.317 e. The summed E-state index contributed by atoms with van der Waals surface area (Å²) in [6.07, 6.45) is 15.8. The third kappa shape index (κ3) is 8.44. The SMILES string of the molecule is CCCCCCCCCCCCNC(=O)N1CCCC1. The van der Waals surface area contributed by atoms with Crippen LogP contribution in [0.25, 0.3) is 0 Å². The molecule has 0 aromatic heterocycles. The summed E-state index contributed by atoms with van der Waals surface area (Å²) in [5.74, 6) is 0. The Bertz CT molecular complexity index is 237. The Balaban J connectivity index is 1.77. The van der Waals surface area contributed by atoms with Crippen molar-refractivity contribution in [3.63, 3.8) is 0 Å². The van der Waals surface area contributed by atoms with Gasteiger partial charge in [-0.1, -0.05) is 64.7 Å². The fraction of sp³-hybridized carbons (Fsp3) is 0.941.